The summed E-state index contributed by atoms with van der Waals surface area (Å²) in [6.45, 7) is 2.49. The molecule has 0 aliphatic carbocycles. The second-order valence-electron chi connectivity index (χ2n) is 4.50. The van der Waals surface area contributed by atoms with Crippen LogP contribution in [-0.2, 0) is 6.54 Å². The first kappa shape index (κ1) is 14.5. The van der Waals surface area contributed by atoms with E-state index in [1.807, 2.05) is 6.92 Å². The van der Waals surface area contributed by atoms with Gasteiger partial charge in [-0.05, 0) is 24.6 Å². The van der Waals surface area contributed by atoms with Gasteiger partial charge in [-0.2, -0.15) is 0 Å². The van der Waals surface area contributed by atoms with Gasteiger partial charge in [-0.3, -0.25) is 4.79 Å². The summed E-state index contributed by atoms with van der Waals surface area (Å²) >= 11 is 0. The molecule has 1 aromatic carbocycles. The Hall–Kier alpha value is -2.90. The number of amides is 1. The lowest BCUT2D eigenvalue weighted by Crippen LogP contribution is -2.27. The molecule has 0 spiro atoms. The number of benzene rings is 1. The number of carboxylic acid groups (broad SMARTS) is 1. The van der Waals surface area contributed by atoms with Gasteiger partial charge in [0, 0.05) is 17.8 Å². The third-order valence-electron chi connectivity index (χ3n) is 2.93. The number of hydrogen-bond donors (Lipinski definition) is 3. The zero-order chi connectivity index (χ0) is 15.4. The number of aromatic carboxylic acids is 1. The molecule has 2 aromatic rings. The molecule has 4 N–H and O–H groups in total. The number of anilines is 1. The Kier molecular flexibility index (Phi) is 4.17. The van der Waals surface area contributed by atoms with Crippen LogP contribution < -0.4 is 11.1 Å². The highest BCUT2D eigenvalue weighted by molar-refractivity contribution is 5.95. The van der Waals surface area contributed by atoms with Crippen LogP contribution in [-0.4, -0.2) is 38.5 Å². The van der Waals surface area contributed by atoms with E-state index >= 15 is 0 Å². The first-order valence-corrected chi connectivity index (χ1v) is 6.25. The predicted octanol–water partition coefficient (Wildman–Crippen LogP) is 0.297. The Bertz CT molecular complexity index is 680. The number of nitrogens with zero attached hydrogens (tertiary/aromatic N) is 3. The maximum atomic E-state index is 11.9. The van der Waals surface area contributed by atoms with E-state index in [1.165, 1.54) is 10.9 Å². The molecule has 1 heterocycles. The van der Waals surface area contributed by atoms with Crippen LogP contribution in [0.2, 0.25) is 0 Å². The summed E-state index contributed by atoms with van der Waals surface area (Å²) in [5.74, 6) is -1.39. The standard InChI is InChI=1S/C13H15N5O3/c1-8-2-3-9(6-10(8)14)12(19)15-4-5-18-7-11(13(20)21)16-17-18/h2-3,6-7H,4-5,14H2,1H3,(H,15,19)(H,20,21). The van der Waals surface area contributed by atoms with E-state index in [0.717, 1.165) is 5.56 Å². The fraction of sp³-hybridized carbons (Fsp3) is 0.231. The Labute approximate surface area is 120 Å². The molecular formula is C13H15N5O3. The van der Waals surface area contributed by atoms with Crippen molar-refractivity contribution < 1.29 is 14.7 Å². The maximum Gasteiger partial charge on any atom is 0.358 e. The van der Waals surface area contributed by atoms with Crippen LogP contribution in [0.5, 0.6) is 0 Å². The topological polar surface area (TPSA) is 123 Å². The number of hydrogen-bond acceptors (Lipinski definition) is 5. The van der Waals surface area contributed by atoms with Crippen LogP contribution >= 0.6 is 0 Å². The Morgan fingerprint density at radius 1 is 1.43 bits per heavy atom. The van der Waals surface area contributed by atoms with Gasteiger partial charge in [0.25, 0.3) is 5.91 Å². The first-order valence-electron chi connectivity index (χ1n) is 6.25. The third kappa shape index (κ3) is 3.56. The van der Waals surface area contributed by atoms with Crippen molar-refractivity contribution >= 4 is 17.6 Å². The summed E-state index contributed by atoms with van der Waals surface area (Å²) in [5, 5.41) is 18.5. The summed E-state index contributed by atoms with van der Waals surface area (Å²) in [6.07, 6.45) is 1.30. The van der Waals surface area contributed by atoms with Crippen LogP contribution in [0.4, 0.5) is 5.69 Å². The molecule has 8 nitrogen and oxygen atoms in total. The molecule has 1 amide bonds. The van der Waals surface area contributed by atoms with Gasteiger partial charge >= 0.3 is 5.97 Å². The Morgan fingerprint density at radius 3 is 2.81 bits per heavy atom. The zero-order valence-corrected chi connectivity index (χ0v) is 11.4. The van der Waals surface area contributed by atoms with Crippen LogP contribution in [0.1, 0.15) is 26.4 Å². The van der Waals surface area contributed by atoms with Gasteiger partial charge in [-0.1, -0.05) is 11.3 Å². The predicted molar refractivity (Wildman–Crippen MR) is 74.9 cm³/mol. The molecule has 0 radical (unpaired) electrons. The molecule has 0 unspecified atom stereocenters. The highest BCUT2D eigenvalue weighted by atomic mass is 16.4. The van der Waals surface area contributed by atoms with Crippen molar-refractivity contribution in [2.45, 2.75) is 13.5 Å². The molecule has 0 aliphatic heterocycles. The number of nitrogens with two attached hydrogens (primary N) is 1. The first-order chi connectivity index (χ1) is 9.97. The van der Waals surface area contributed by atoms with E-state index in [2.05, 4.69) is 15.6 Å². The molecule has 0 bridgehead atoms. The van der Waals surface area contributed by atoms with Crippen molar-refractivity contribution in [1.29, 1.82) is 0 Å². The molecule has 8 heteroatoms. The second kappa shape index (κ2) is 6.04. The van der Waals surface area contributed by atoms with E-state index in [1.54, 1.807) is 18.2 Å². The molecule has 0 saturated heterocycles. The van der Waals surface area contributed by atoms with E-state index in [9.17, 15) is 9.59 Å². The van der Waals surface area contributed by atoms with Crippen molar-refractivity contribution in [3.05, 3.63) is 41.2 Å². The van der Waals surface area contributed by atoms with Gasteiger partial charge in [-0.15, -0.1) is 5.10 Å². The average Bonchev–Trinajstić information content (AvgIpc) is 2.91. The Balaban J connectivity index is 1.88. The normalized spacial score (nSPS) is 10.3. The smallest absolute Gasteiger partial charge is 0.358 e. The lowest BCUT2D eigenvalue weighted by molar-refractivity contribution is 0.0690. The SMILES string of the molecule is Cc1ccc(C(=O)NCCn2cc(C(=O)O)nn2)cc1N. The van der Waals surface area contributed by atoms with Gasteiger partial charge in [0.15, 0.2) is 5.69 Å². The average molecular weight is 289 g/mol. The molecule has 110 valence electrons. The number of carboxylic acids is 1. The number of rotatable bonds is 5. The van der Waals surface area contributed by atoms with Gasteiger partial charge in [0.2, 0.25) is 0 Å². The van der Waals surface area contributed by atoms with Crippen molar-refractivity contribution in [1.82, 2.24) is 20.3 Å². The minimum absolute atomic E-state index is 0.132. The number of carbonyl (C=O) groups is 2. The quantitative estimate of drug-likeness (QED) is 0.680. The highest BCUT2D eigenvalue weighted by Crippen LogP contribution is 2.12. The van der Waals surface area contributed by atoms with Crippen LogP contribution in [0.3, 0.4) is 0 Å². The molecule has 21 heavy (non-hydrogen) atoms. The lowest BCUT2D eigenvalue weighted by Gasteiger charge is -2.07. The van der Waals surface area contributed by atoms with E-state index in [0.29, 0.717) is 24.3 Å². The number of carbonyl (C=O) groups excluding carboxylic acids is 1. The van der Waals surface area contributed by atoms with Crippen LogP contribution in [0, 0.1) is 6.92 Å². The number of nitrogen functional groups attached to an aromatic ring is 1. The summed E-state index contributed by atoms with van der Waals surface area (Å²) in [4.78, 5) is 22.5. The molecule has 0 saturated carbocycles. The molecule has 2 rings (SSSR count). The minimum atomic E-state index is -1.14. The van der Waals surface area contributed by atoms with Crippen molar-refractivity contribution in [3.8, 4) is 0 Å². The fourth-order valence-electron chi connectivity index (χ4n) is 1.67. The van der Waals surface area contributed by atoms with Crippen molar-refractivity contribution in [3.63, 3.8) is 0 Å². The number of aromatic nitrogens is 3. The van der Waals surface area contributed by atoms with E-state index in [-0.39, 0.29) is 11.6 Å². The molecule has 0 fully saturated rings. The summed E-state index contributed by atoms with van der Waals surface area (Å²) in [7, 11) is 0. The van der Waals surface area contributed by atoms with Crippen molar-refractivity contribution in [2.24, 2.45) is 0 Å². The van der Waals surface area contributed by atoms with Gasteiger partial charge < -0.3 is 16.2 Å². The van der Waals surface area contributed by atoms with E-state index in [4.69, 9.17) is 10.8 Å². The summed E-state index contributed by atoms with van der Waals surface area (Å²) in [6, 6.07) is 5.09. The van der Waals surface area contributed by atoms with Gasteiger partial charge in [0.05, 0.1) is 12.7 Å². The molecule has 0 atom stereocenters. The highest BCUT2D eigenvalue weighted by Gasteiger charge is 2.09. The van der Waals surface area contributed by atoms with Crippen molar-refractivity contribution in [2.75, 3.05) is 12.3 Å². The Morgan fingerprint density at radius 2 is 2.19 bits per heavy atom. The molecule has 1 aromatic heterocycles. The van der Waals surface area contributed by atoms with Crippen LogP contribution in [0.25, 0.3) is 0 Å². The zero-order valence-electron chi connectivity index (χ0n) is 11.4. The summed E-state index contributed by atoms with van der Waals surface area (Å²) < 4.78 is 1.35. The number of aryl methyl sites for hydroxylation is 1. The van der Waals surface area contributed by atoms with Gasteiger partial charge in [0.1, 0.15) is 0 Å². The van der Waals surface area contributed by atoms with Gasteiger partial charge in [-0.25, -0.2) is 9.48 Å². The molecule has 0 aliphatic rings. The van der Waals surface area contributed by atoms with Crippen LogP contribution in [0.15, 0.2) is 24.4 Å². The number of nitrogens with one attached hydrogen (secondary N) is 1. The minimum Gasteiger partial charge on any atom is -0.476 e. The van der Waals surface area contributed by atoms with E-state index < -0.39 is 5.97 Å². The molecular weight excluding hydrogens is 274 g/mol. The fourth-order valence-corrected chi connectivity index (χ4v) is 1.67. The maximum absolute atomic E-state index is 11.9. The second-order valence-corrected chi connectivity index (χ2v) is 4.50. The monoisotopic (exact) mass is 289 g/mol. The lowest BCUT2D eigenvalue weighted by atomic mass is 10.1. The third-order valence-corrected chi connectivity index (χ3v) is 2.93. The largest absolute Gasteiger partial charge is 0.476 e. The summed E-state index contributed by atoms with van der Waals surface area (Å²) in [5.41, 5.74) is 7.57.